The number of carbonyl (C=O) groups is 1. The van der Waals surface area contributed by atoms with Crippen LogP contribution in [0.3, 0.4) is 0 Å². The van der Waals surface area contributed by atoms with Gasteiger partial charge in [-0.1, -0.05) is 18.5 Å². The fourth-order valence-corrected chi connectivity index (χ4v) is 1.92. The summed E-state index contributed by atoms with van der Waals surface area (Å²) >= 11 is 5.81. The predicted octanol–water partition coefficient (Wildman–Crippen LogP) is 2.99. The van der Waals surface area contributed by atoms with E-state index in [0.717, 1.165) is 18.7 Å². The molecule has 0 heterocycles. The standard InChI is InChI=1S/C15H22ClNO3/c1-3-9-17(12-15(18)19-4-2)10-11-20-14-7-5-13(16)6-8-14/h5-8H,3-4,9-12H2,1-2H3. The van der Waals surface area contributed by atoms with Gasteiger partial charge in [-0.2, -0.15) is 0 Å². The number of ether oxygens (including phenoxy) is 2. The average Bonchev–Trinajstić information content (AvgIpc) is 2.41. The van der Waals surface area contributed by atoms with Gasteiger partial charge in [0.15, 0.2) is 0 Å². The van der Waals surface area contributed by atoms with Gasteiger partial charge < -0.3 is 9.47 Å². The van der Waals surface area contributed by atoms with Crippen molar-refractivity contribution < 1.29 is 14.3 Å². The summed E-state index contributed by atoms with van der Waals surface area (Å²) in [5.74, 6) is 0.592. The largest absolute Gasteiger partial charge is 0.492 e. The summed E-state index contributed by atoms with van der Waals surface area (Å²) in [6, 6.07) is 7.24. The van der Waals surface area contributed by atoms with Gasteiger partial charge in [-0.3, -0.25) is 9.69 Å². The number of esters is 1. The van der Waals surface area contributed by atoms with Crippen molar-refractivity contribution in [1.29, 1.82) is 0 Å². The zero-order valence-electron chi connectivity index (χ0n) is 12.1. The zero-order chi connectivity index (χ0) is 14.8. The van der Waals surface area contributed by atoms with Crippen LogP contribution in [0.2, 0.25) is 5.02 Å². The summed E-state index contributed by atoms with van der Waals surface area (Å²) in [7, 11) is 0. The second kappa shape index (κ2) is 9.61. The van der Waals surface area contributed by atoms with Gasteiger partial charge in [-0.15, -0.1) is 0 Å². The van der Waals surface area contributed by atoms with Crippen molar-refractivity contribution in [2.45, 2.75) is 20.3 Å². The lowest BCUT2D eigenvalue weighted by molar-refractivity contribution is -0.144. The van der Waals surface area contributed by atoms with Crippen molar-refractivity contribution in [1.82, 2.24) is 4.90 Å². The highest BCUT2D eigenvalue weighted by atomic mass is 35.5. The highest BCUT2D eigenvalue weighted by Gasteiger charge is 2.10. The SMILES string of the molecule is CCCN(CCOc1ccc(Cl)cc1)CC(=O)OCC. The van der Waals surface area contributed by atoms with Gasteiger partial charge in [0.2, 0.25) is 0 Å². The molecule has 0 radical (unpaired) electrons. The van der Waals surface area contributed by atoms with Crippen LogP contribution in [0.15, 0.2) is 24.3 Å². The maximum absolute atomic E-state index is 11.5. The Morgan fingerprint density at radius 3 is 2.50 bits per heavy atom. The van der Waals surface area contributed by atoms with E-state index < -0.39 is 0 Å². The van der Waals surface area contributed by atoms with Gasteiger partial charge in [-0.25, -0.2) is 0 Å². The van der Waals surface area contributed by atoms with Crippen molar-refractivity contribution in [3.63, 3.8) is 0 Å². The number of nitrogens with zero attached hydrogens (tertiary/aromatic N) is 1. The van der Waals surface area contributed by atoms with Gasteiger partial charge in [-0.05, 0) is 44.2 Å². The van der Waals surface area contributed by atoms with Crippen LogP contribution in [0.1, 0.15) is 20.3 Å². The summed E-state index contributed by atoms with van der Waals surface area (Å²) in [5.41, 5.74) is 0. The summed E-state index contributed by atoms with van der Waals surface area (Å²) in [6.45, 7) is 6.69. The Morgan fingerprint density at radius 1 is 1.20 bits per heavy atom. The Balaban J connectivity index is 2.34. The highest BCUT2D eigenvalue weighted by Crippen LogP contribution is 2.15. The second-order valence-electron chi connectivity index (χ2n) is 4.38. The van der Waals surface area contributed by atoms with E-state index >= 15 is 0 Å². The highest BCUT2D eigenvalue weighted by molar-refractivity contribution is 6.30. The minimum absolute atomic E-state index is 0.188. The van der Waals surface area contributed by atoms with Crippen molar-refractivity contribution in [2.24, 2.45) is 0 Å². The molecule has 112 valence electrons. The first kappa shape index (κ1) is 16.8. The quantitative estimate of drug-likeness (QED) is 0.657. The molecule has 1 aromatic rings. The molecule has 20 heavy (non-hydrogen) atoms. The van der Waals surface area contributed by atoms with E-state index in [2.05, 4.69) is 6.92 Å². The third kappa shape index (κ3) is 6.78. The van der Waals surface area contributed by atoms with E-state index in [-0.39, 0.29) is 5.97 Å². The molecule has 0 spiro atoms. The van der Waals surface area contributed by atoms with Crippen molar-refractivity contribution in [2.75, 3.05) is 32.8 Å². The normalized spacial score (nSPS) is 10.6. The molecule has 0 aliphatic carbocycles. The third-order valence-corrected chi connectivity index (χ3v) is 2.94. The van der Waals surface area contributed by atoms with E-state index in [1.807, 2.05) is 24.0 Å². The van der Waals surface area contributed by atoms with E-state index in [1.54, 1.807) is 12.1 Å². The summed E-state index contributed by atoms with van der Waals surface area (Å²) < 4.78 is 10.6. The lowest BCUT2D eigenvalue weighted by Gasteiger charge is -2.20. The molecule has 0 N–H and O–H groups in total. The fourth-order valence-electron chi connectivity index (χ4n) is 1.80. The zero-order valence-corrected chi connectivity index (χ0v) is 12.9. The third-order valence-electron chi connectivity index (χ3n) is 2.69. The van der Waals surface area contributed by atoms with Crippen molar-refractivity contribution in [3.05, 3.63) is 29.3 Å². The predicted molar refractivity (Wildman–Crippen MR) is 80.3 cm³/mol. The first-order valence-electron chi connectivity index (χ1n) is 6.92. The summed E-state index contributed by atoms with van der Waals surface area (Å²) in [5, 5.41) is 0.687. The number of benzene rings is 1. The Kier molecular flexibility index (Phi) is 8.07. The Labute approximate surface area is 125 Å². The van der Waals surface area contributed by atoms with Crippen LogP contribution < -0.4 is 4.74 Å². The molecule has 5 heteroatoms. The van der Waals surface area contributed by atoms with Crippen LogP contribution in [0, 0.1) is 0 Å². The number of rotatable bonds is 9. The van der Waals surface area contributed by atoms with E-state index in [1.165, 1.54) is 0 Å². The maximum atomic E-state index is 11.5. The topological polar surface area (TPSA) is 38.8 Å². The molecule has 0 saturated heterocycles. The minimum Gasteiger partial charge on any atom is -0.492 e. The number of hydrogen-bond donors (Lipinski definition) is 0. The van der Waals surface area contributed by atoms with Crippen LogP contribution in [0.5, 0.6) is 5.75 Å². The van der Waals surface area contributed by atoms with Gasteiger partial charge in [0, 0.05) is 11.6 Å². The van der Waals surface area contributed by atoms with Gasteiger partial charge in [0.1, 0.15) is 12.4 Å². The molecule has 0 unspecified atom stereocenters. The summed E-state index contributed by atoms with van der Waals surface area (Å²) in [4.78, 5) is 13.5. The first-order valence-corrected chi connectivity index (χ1v) is 7.29. The smallest absolute Gasteiger partial charge is 0.320 e. The molecule has 0 aromatic heterocycles. The lowest BCUT2D eigenvalue weighted by atomic mass is 10.3. The lowest BCUT2D eigenvalue weighted by Crippen LogP contribution is -2.35. The Bertz CT molecular complexity index is 395. The van der Waals surface area contributed by atoms with Crippen LogP contribution in [0.4, 0.5) is 0 Å². The molecule has 4 nitrogen and oxygen atoms in total. The molecule has 0 saturated carbocycles. The molecule has 0 fully saturated rings. The molecular formula is C15H22ClNO3. The van der Waals surface area contributed by atoms with Gasteiger partial charge in [0.05, 0.1) is 13.2 Å². The van der Waals surface area contributed by atoms with E-state index in [4.69, 9.17) is 21.1 Å². The van der Waals surface area contributed by atoms with E-state index in [0.29, 0.717) is 31.3 Å². The molecule has 0 bridgehead atoms. The minimum atomic E-state index is -0.188. The van der Waals surface area contributed by atoms with Gasteiger partial charge in [0.25, 0.3) is 0 Å². The molecule has 1 rings (SSSR count). The van der Waals surface area contributed by atoms with Crippen LogP contribution in [-0.2, 0) is 9.53 Å². The van der Waals surface area contributed by atoms with E-state index in [9.17, 15) is 4.79 Å². The Morgan fingerprint density at radius 2 is 1.90 bits per heavy atom. The first-order chi connectivity index (χ1) is 9.65. The molecule has 0 aliphatic heterocycles. The van der Waals surface area contributed by atoms with Crippen molar-refractivity contribution in [3.8, 4) is 5.75 Å². The van der Waals surface area contributed by atoms with Gasteiger partial charge >= 0.3 is 5.97 Å². The fraction of sp³-hybridized carbons (Fsp3) is 0.533. The van der Waals surface area contributed by atoms with Crippen LogP contribution >= 0.6 is 11.6 Å². The molecular weight excluding hydrogens is 278 g/mol. The second-order valence-corrected chi connectivity index (χ2v) is 4.82. The Hall–Kier alpha value is -1.26. The molecule has 0 aliphatic rings. The van der Waals surface area contributed by atoms with Crippen LogP contribution in [0.25, 0.3) is 0 Å². The van der Waals surface area contributed by atoms with Crippen LogP contribution in [-0.4, -0.2) is 43.7 Å². The molecule has 1 aromatic carbocycles. The number of carbonyl (C=O) groups excluding carboxylic acids is 1. The maximum Gasteiger partial charge on any atom is 0.320 e. The van der Waals surface area contributed by atoms with Crippen molar-refractivity contribution >= 4 is 17.6 Å². The number of halogens is 1. The molecule has 0 amide bonds. The molecule has 0 atom stereocenters. The monoisotopic (exact) mass is 299 g/mol. The summed E-state index contributed by atoms with van der Waals surface area (Å²) in [6.07, 6.45) is 0.986. The average molecular weight is 300 g/mol. The number of hydrogen-bond acceptors (Lipinski definition) is 4.